The smallest absolute Gasteiger partial charge is 1.00 e. The largest absolute Gasteiger partial charge is 1.00 e. The molecule has 4 heteroatoms. The van der Waals surface area contributed by atoms with Gasteiger partial charge in [-0.1, -0.05) is 242 Å². The van der Waals surface area contributed by atoms with Crippen LogP contribution in [-0.2, 0) is 36.2 Å². The van der Waals surface area contributed by atoms with Crippen molar-refractivity contribution in [3.63, 3.8) is 0 Å². The van der Waals surface area contributed by atoms with Gasteiger partial charge in [-0.3, -0.25) is 0 Å². The van der Waals surface area contributed by atoms with Crippen molar-refractivity contribution < 1.29 is 48.1 Å². The van der Waals surface area contributed by atoms with Gasteiger partial charge in [0.15, 0.2) is 0 Å². The molecule has 0 aliphatic rings. The molecule has 8 aromatic carbocycles. The van der Waals surface area contributed by atoms with Gasteiger partial charge in [0.25, 0.3) is 0 Å². The van der Waals surface area contributed by atoms with E-state index in [-0.39, 0.29) is 30.2 Å². The quantitative estimate of drug-likeness (QED) is 0.0579. The molecule has 0 atom stereocenters. The summed E-state index contributed by atoms with van der Waals surface area (Å²) >= 11 is 1.74. The van der Waals surface area contributed by atoms with Gasteiger partial charge in [-0.25, -0.2) is 0 Å². The normalized spacial score (nSPS) is 10.7. The first-order chi connectivity index (χ1) is 30.0. The standard InChI is InChI=1S/2C29H31.C2H6Si.2ClH.Zr/c2*1-4-5-6-7-8-23-19-28-26(24-13-9-21(2)10-14-24)17-18-27(29(28)20-23)25-15-11-22(3)12-16-25;1-3-2;;;/h2*9-20H,4-8H2,1-3H3;1-2H3;2*1H;/q2*-1;;;;+2/p-2. The van der Waals surface area contributed by atoms with E-state index < -0.39 is 0 Å². The van der Waals surface area contributed by atoms with Crippen molar-refractivity contribution in [2.45, 2.75) is 119 Å². The van der Waals surface area contributed by atoms with Gasteiger partial charge < -0.3 is 24.8 Å². The summed E-state index contributed by atoms with van der Waals surface area (Å²) in [6, 6.07) is 54.7. The summed E-state index contributed by atoms with van der Waals surface area (Å²) in [5.74, 6) is 0. The Bertz CT molecular complexity index is 2290. The van der Waals surface area contributed by atoms with Gasteiger partial charge in [0.2, 0.25) is 0 Å². The Hall–Kier alpha value is -3.78. The van der Waals surface area contributed by atoms with E-state index in [1.165, 1.54) is 164 Å². The SMILES string of the molecule is CCCCCCc1cc2c(-c3ccc(C)cc3)ccc(-c3ccc(C)cc3)c2[cH-]1.CCCCCCc1cc2c(-c3ccc(C)cc3)ccc(-c3ccc(C)cc3)c2[cH-]1.C[Si](C)=[Zr+2].[Cl-].[Cl-]. The Labute approximate surface area is 414 Å². The molecule has 0 fully saturated rings. The van der Waals surface area contributed by atoms with Crippen LogP contribution in [0, 0.1) is 27.7 Å². The third-order valence-corrected chi connectivity index (χ3v) is 12.0. The second kappa shape index (κ2) is 26.4. The van der Waals surface area contributed by atoms with Crippen molar-refractivity contribution in [1.82, 2.24) is 0 Å². The summed E-state index contributed by atoms with van der Waals surface area (Å²) in [5.41, 5.74) is 19.0. The molecule has 0 unspecified atom stereocenters. The first kappa shape index (κ1) is 52.8. The summed E-state index contributed by atoms with van der Waals surface area (Å²) in [4.78, 5) is 0. The van der Waals surface area contributed by atoms with Crippen LogP contribution in [0.5, 0.6) is 0 Å². The molecule has 8 aromatic rings. The second-order valence-corrected chi connectivity index (χ2v) is 27.2. The van der Waals surface area contributed by atoms with Crippen LogP contribution < -0.4 is 24.8 Å². The van der Waals surface area contributed by atoms with E-state index in [4.69, 9.17) is 0 Å². The maximum Gasteiger partial charge on any atom is -1.00 e. The Morgan fingerprint density at radius 2 is 0.656 bits per heavy atom. The van der Waals surface area contributed by atoms with E-state index in [0.29, 0.717) is 0 Å². The van der Waals surface area contributed by atoms with E-state index in [0.717, 1.165) is 0 Å². The predicted molar refractivity (Wildman–Crippen MR) is 273 cm³/mol. The zero-order valence-corrected chi connectivity index (χ0v) is 44.7. The molecule has 8 rings (SSSR count). The van der Waals surface area contributed by atoms with Crippen molar-refractivity contribution in [2.24, 2.45) is 0 Å². The van der Waals surface area contributed by atoms with Gasteiger partial charge in [-0.2, -0.15) is 12.1 Å². The summed E-state index contributed by atoms with van der Waals surface area (Å²) in [6.07, 6.45) is 12.8. The fourth-order valence-electron chi connectivity index (χ4n) is 8.46. The number of halogens is 2. The fraction of sp³-hybridized carbons (Fsp3) is 0.300. The molecule has 0 radical (unpaired) electrons. The first-order valence-corrected chi connectivity index (χ1v) is 29.5. The summed E-state index contributed by atoms with van der Waals surface area (Å²) < 4.78 is 0. The molecule has 0 spiro atoms. The van der Waals surface area contributed by atoms with Gasteiger partial charge in [0.05, 0.1) is 0 Å². The average molecular weight is 979 g/mol. The molecular weight excluding hydrogens is 911 g/mol. The van der Waals surface area contributed by atoms with Crippen molar-refractivity contribution in [2.75, 3.05) is 0 Å². The van der Waals surface area contributed by atoms with Crippen molar-refractivity contribution in [1.29, 1.82) is 0 Å². The van der Waals surface area contributed by atoms with Crippen LogP contribution in [0.4, 0.5) is 0 Å². The third kappa shape index (κ3) is 14.6. The van der Waals surface area contributed by atoms with Crippen LogP contribution >= 0.6 is 0 Å². The van der Waals surface area contributed by atoms with E-state index in [1.807, 2.05) is 0 Å². The maximum atomic E-state index is 2.44. The van der Waals surface area contributed by atoms with Crippen LogP contribution in [0.1, 0.15) is 98.6 Å². The minimum atomic E-state index is 0. The molecule has 0 aliphatic heterocycles. The van der Waals surface area contributed by atoms with E-state index >= 15 is 0 Å². The van der Waals surface area contributed by atoms with Crippen molar-refractivity contribution in [3.8, 4) is 44.5 Å². The summed E-state index contributed by atoms with van der Waals surface area (Å²) in [7, 11) is 0. The molecule has 0 aromatic heterocycles. The van der Waals surface area contributed by atoms with Crippen molar-refractivity contribution >= 4 is 27.0 Å². The Morgan fingerprint density at radius 3 is 0.938 bits per heavy atom. The molecular formula is C60H68Cl2SiZr-2. The summed E-state index contributed by atoms with van der Waals surface area (Å²) in [5, 5.41) is 5.55. The number of rotatable bonds is 14. The van der Waals surface area contributed by atoms with Gasteiger partial charge >= 0.3 is 41.9 Å². The zero-order chi connectivity index (χ0) is 44.0. The van der Waals surface area contributed by atoms with Gasteiger partial charge in [-0.15, -0.1) is 44.8 Å². The van der Waals surface area contributed by atoms with Crippen LogP contribution in [0.15, 0.2) is 146 Å². The molecule has 0 saturated carbocycles. The monoisotopic (exact) mass is 976 g/mol. The minimum Gasteiger partial charge on any atom is -1.00 e. The molecule has 0 amide bonds. The Morgan fingerprint density at radius 1 is 0.391 bits per heavy atom. The molecule has 0 nitrogen and oxygen atoms in total. The fourth-order valence-corrected chi connectivity index (χ4v) is 8.46. The predicted octanol–water partition coefficient (Wildman–Crippen LogP) is 12.1. The van der Waals surface area contributed by atoms with Crippen LogP contribution in [0.25, 0.3) is 66.1 Å². The van der Waals surface area contributed by atoms with Crippen molar-refractivity contribution in [3.05, 3.63) is 179 Å². The van der Waals surface area contributed by atoms with E-state index in [1.54, 1.807) is 23.3 Å². The summed E-state index contributed by atoms with van der Waals surface area (Å²) in [6.45, 7) is 17.8. The maximum absolute atomic E-state index is 2.44. The van der Waals surface area contributed by atoms with Crippen LogP contribution in [0.2, 0.25) is 13.1 Å². The molecule has 64 heavy (non-hydrogen) atoms. The molecule has 0 N–H and O–H groups in total. The number of aryl methyl sites for hydroxylation is 6. The molecule has 0 saturated heterocycles. The van der Waals surface area contributed by atoms with Crippen LogP contribution in [-0.4, -0.2) is 5.43 Å². The molecule has 0 aliphatic carbocycles. The number of hydrogen-bond acceptors (Lipinski definition) is 0. The Kier molecular flexibility index (Phi) is 21.8. The molecule has 0 bridgehead atoms. The second-order valence-electron chi connectivity index (χ2n) is 17.8. The van der Waals surface area contributed by atoms with Gasteiger partial charge in [0, 0.05) is 0 Å². The molecule has 332 valence electrons. The van der Waals surface area contributed by atoms with Crippen LogP contribution in [0.3, 0.4) is 0 Å². The first-order valence-electron chi connectivity index (χ1n) is 23.3. The third-order valence-electron chi connectivity index (χ3n) is 12.0. The Balaban J connectivity index is 0.000000252. The zero-order valence-electron chi connectivity index (χ0n) is 39.7. The molecule has 0 heterocycles. The number of fused-ring (bicyclic) bond motifs is 2. The minimum absolute atomic E-state index is 0. The van der Waals surface area contributed by atoms with E-state index in [2.05, 4.69) is 200 Å². The average Bonchev–Trinajstić information content (AvgIpc) is 3.90. The van der Waals surface area contributed by atoms with E-state index in [9.17, 15) is 0 Å². The topological polar surface area (TPSA) is 0 Å². The number of hydrogen-bond donors (Lipinski definition) is 0. The van der Waals surface area contributed by atoms with Gasteiger partial charge in [0.1, 0.15) is 0 Å². The van der Waals surface area contributed by atoms with Gasteiger partial charge in [-0.05, 0) is 51.7 Å². The number of unbranched alkanes of at least 4 members (excludes halogenated alkanes) is 6. The number of benzene rings is 6.